The molecule has 0 spiro atoms. The number of unbranched alkanes of at least 4 members (excludes halogenated alkanes) is 1. The maximum atomic E-state index is 14.1. The fourth-order valence-electron chi connectivity index (χ4n) is 14.0. The third-order valence-corrected chi connectivity index (χ3v) is 24.7. The first kappa shape index (κ1) is 124. The molecule has 754 valence electrons. The van der Waals surface area contributed by atoms with Gasteiger partial charge in [0.15, 0.2) is 12.6 Å². The molecule has 132 heavy (non-hydrogen) atoms. The number of carbonyl (C=O) groups is 9. The molecule has 2 aliphatic heterocycles. The second-order valence-electron chi connectivity index (χ2n) is 34.7. The number of amides is 7. The Hall–Kier alpha value is -7.81. The quantitative estimate of drug-likeness (QED) is 0.0153. The fraction of sp³-hybridized carbons (Fsp3) is 0.670. The Labute approximate surface area is 782 Å². The Balaban J connectivity index is 0.0000858. The number of hydrogen-bond donors (Lipinski definition) is 18. The predicted molar refractivity (Wildman–Crippen MR) is 509 cm³/mol. The first-order chi connectivity index (χ1) is 61.1. The zero-order valence-electron chi connectivity index (χ0n) is 81.4. The van der Waals surface area contributed by atoms with E-state index in [1.807, 2.05) is 6.92 Å². The number of ether oxygens (including phenoxy) is 4. The molecule has 36 nitrogen and oxygen atoms in total. The summed E-state index contributed by atoms with van der Waals surface area (Å²) < 4.78 is 66.3. The summed E-state index contributed by atoms with van der Waals surface area (Å²) in [6.45, 7) is 30.1. The molecule has 0 aliphatic carbocycles. The van der Waals surface area contributed by atoms with Crippen LogP contribution in [0.4, 0.5) is 0 Å². The van der Waals surface area contributed by atoms with E-state index in [4.69, 9.17) is 33.7 Å². The number of nitrogens with one attached hydrogen (secondary N) is 7. The normalized spacial score (nSPS) is 22.1. The number of rotatable bonds is 63. The number of allylic oxidation sites excluding steroid dienone is 21. The van der Waals surface area contributed by atoms with Crippen molar-refractivity contribution in [3.63, 3.8) is 0 Å². The van der Waals surface area contributed by atoms with Gasteiger partial charge in [-0.2, -0.15) is 4.31 Å². The number of nitrogens with two attached hydrogens (primary N) is 1. The van der Waals surface area contributed by atoms with Crippen LogP contribution >= 0.6 is 15.6 Å². The number of carbonyl (C=O) groups excluding carboxylic acids is 7. The van der Waals surface area contributed by atoms with Crippen molar-refractivity contribution >= 4 is 68.9 Å². The molecule has 2 aliphatic rings. The molecule has 23 N–H and O–H groups in total. The van der Waals surface area contributed by atoms with Crippen LogP contribution in [0.15, 0.2) is 128 Å². The first-order valence-electron chi connectivity index (χ1n) is 45.4. The summed E-state index contributed by atoms with van der Waals surface area (Å²) >= 11 is 0. The van der Waals surface area contributed by atoms with Gasteiger partial charge in [-0.15, -0.1) is 0 Å². The van der Waals surface area contributed by atoms with E-state index in [-0.39, 0.29) is 25.3 Å². The molecular formula is C94H162N10O26P2. The summed E-state index contributed by atoms with van der Waals surface area (Å²) in [6, 6.07) is -11.0. The molecule has 0 aromatic carbocycles. The summed E-state index contributed by atoms with van der Waals surface area (Å²) in [6.07, 6.45) is 27.0. The molecule has 2 fully saturated rings. The lowest BCUT2D eigenvalue weighted by atomic mass is 9.94. The summed E-state index contributed by atoms with van der Waals surface area (Å²) in [5.74, 6) is -9.61. The van der Waals surface area contributed by atoms with Crippen molar-refractivity contribution in [3.05, 3.63) is 128 Å². The molecule has 0 aromatic heterocycles. The van der Waals surface area contributed by atoms with Gasteiger partial charge in [-0.25, -0.2) is 13.9 Å². The first-order valence-corrected chi connectivity index (χ1v) is 48.4. The number of aliphatic carboxylic acids is 2. The van der Waals surface area contributed by atoms with Crippen LogP contribution in [0.1, 0.15) is 285 Å². The Morgan fingerprint density at radius 1 is 0.409 bits per heavy atom. The van der Waals surface area contributed by atoms with Gasteiger partial charge in [-0.3, -0.25) is 47.4 Å². The standard InChI is InChI=1S/C94H156N8O26P2.2H3N/c1-59(2)31-21-32-60(3)33-22-34-61(4)35-23-36-62(5)37-24-38-63(6)39-25-40-64(7)41-26-42-65(8)43-27-44-66(9)45-28-46-67(10)47-29-48-68(11)49-30-50-69(12)54-56-122-129(118,119)128-130(120,121)127-94-82(100-75(18)106)86(85(79(58-104)125-94)126-93-81(99-74(17)105)84(109)83(108)78(57-103)124-93)123-73(16)89(112)96-71(14)88(111)102-77(92(116)117)52-53-80(107)101-76(51-19-20-55-95)90(113)97-70(13)87(110)98-72(15)91(114)115;;/h31,33,35,37,39,41,43,45,47,49,54,70-73,76-79,81-86,93-94,103-104,108-109H,19-30,32,34,36,38,40,42,44,46,48,50-53,55-58,95H2,1-18H3,(H,96,112)(H,97,113)(H,98,110)(H,99,105)(H,100,106)(H,101,107)(H,102,111)(H,114,115)(H,116,117)(H,118,119)(H,120,121);2*1H3/b60-33+,61-35+,62-37+,63-39-,64-41-,65-43-,66-45-,67-47-,68-49-,69-54-;;/t70-,71+,72-,73-,76+,77-,78-,79-,81-,82-,83-,84-,85-,86-,93+,94-;;/m1../s1. The lowest BCUT2D eigenvalue weighted by Crippen LogP contribution is -2.70. The van der Waals surface area contributed by atoms with Gasteiger partial charge in [0.05, 0.1) is 19.8 Å². The minimum Gasteiger partial charge on any atom is -0.480 e. The third-order valence-electron chi connectivity index (χ3n) is 22.1. The number of aliphatic hydroxyl groups excluding tert-OH is 4. The SMILES string of the molecule is CC(=O)N[C@H]1[C@H](O[C@H]2[C@H](O[C@H](C)C(=O)N[C@@H](C)C(=O)N[C@H](CCC(=O)N[C@@H](CCCCN)C(=O)N[C@H](C)C(=O)N[C@H](C)C(=O)O)C(=O)O)[C@@H](NC(C)=O)[C@@H](OP(=O)(O)OP(=O)(O)OC/C=C(/C)CC/C=C(/C)CC/C=C(/C)CC/C=C(/C)CC/C=C(/C)CC/C=C(/C)CC/C=C(/C)CC/C=C(\C)CC/C=C(\C)CC/C=C(\C)CCC=C(C)C)O[C@@H]2CO)O[C@H](CO)[C@@H](O)[C@@H]1O.N.N. The molecule has 7 amide bonds. The number of aliphatic hydroxyl groups is 4. The van der Waals surface area contributed by atoms with Crippen molar-refractivity contribution in [1.29, 1.82) is 0 Å². The van der Waals surface area contributed by atoms with Crippen molar-refractivity contribution in [3.8, 4) is 0 Å². The third kappa shape index (κ3) is 52.9. The predicted octanol–water partition coefficient (Wildman–Crippen LogP) is 12.7. The van der Waals surface area contributed by atoms with Crippen LogP contribution in [0.5, 0.6) is 0 Å². The van der Waals surface area contributed by atoms with Crippen molar-refractivity contribution in [2.75, 3.05) is 26.4 Å². The molecule has 18 atom stereocenters. The van der Waals surface area contributed by atoms with Crippen molar-refractivity contribution in [1.82, 2.24) is 49.5 Å². The van der Waals surface area contributed by atoms with Crippen LogP contribution in [0.2, 0.25) is 0 Å². The lowest BCUT2D eigenvalue weighted by molar-refractivity contribution is -0.331. The van der Waals surface area contributed by atoms with Gasteiger partial charge in [0.25, 0.3) is 0 Å². The molecule has 0 aromatic rings. The minimum absolute atomic E-state index is 0. The maximum absolute atomic E-state index is 14.1. The molecular weight excluding hydrogens is 1750 g/mol. The number of carboxylic acids is 2. The van der Waals surface area contributed by atoms with Gasteiger partial charge < -0.3 is 115 Å². The van der Waals surface area contributed by atoms with Gasteiger partial charge in [-0.1, -0.05) is 128 Å². The maximum Gasteiger partial charge on any atom is 0.483 e. The second kappa shape index (κ2) is 66.6. The molecule has 2 rings (SSSR count). The average molecular weight is 1910 g/mol. The van der Waals surface area contributed by atoms with Gasteiger partial charge in [0, 0.05) is 20.3 Å². The summed E-state index contributed by atoms with van der Waals surface area (Å²) in [7, 11) is -11.5. The summed E-state index contributed by atoms with van der Waals surface area (Å²) in [4.78, 5) is 138. The van der Waals surface area contributed by atoms with E-state index >= 15 is 0 Å². The molecule has 2 saturated heterocycles. The van der Waals surface area contributed by atoms with Crippen LogP contribution in [0.25, 0.3) is 0 Å². The zero-order chi connectivity index (χ0) is 98.0. The number of hydrogen-bond acceptors (Lipinski definition) is 25. The van der Waals surface area contributed by atoms with Crippen LogP contribution in [-0.4, -0.2) is 218 Å². The molecule has 0 saturated carbocycles. The highest BCUT2D eigenvalue weighted by molar-refractivity contribution is 7.61. The highest BCUT2D eigenvalue weighted by Gasteiger charge is 2.55. The van der Waals surface area contributed by atoms with E-state index in [0.717, 1.165) is 149 Å². The zero-order valence-corrected chi connectivity index (χ0v) is 83.2. The summed E-state index contributed by atoms with van der Waals surface area (Å²) in [5.41, 5.74) is 20.4. The van der Waals surface area contributed by atoms with E-state index in [1.165, 1.54) is 75.7 Å². The van der Waals surface area contributed by atoms with Gasteiger partial charge in [0.2, 0.25) is 41.4 Å². The smallest absolute Gasteiger partial charge is 0.480 e. The van der Waals surface area contributed by atoms with Crippen LogP contribution < -0.4 is 55.3 Å². The van der Waals surface area contributed by atoms with Crippen LogP contribution in [-0.2, 0) is 84.6 Å². The van der Waals surface area contributed by atoms with Gasteiger partial charge in [0.1, 0.15) is 85.0 Å². The molecule has 2 unspecified atom stereocenters. The highest BCUT2D eigenvalue weighted by Crippen LogP contribution is 2.61. The number of phosphoric acid groups is 2. The lowest BCUT2D eigenvalue weighted by Gasteiger charge is -2.49. The molecule has 0 radical (unpaired) electrons. The minimum atomic E-state index is -5.95. The van der Waals surface area contributed by atoms with E-state index in [2.05, 4.69) is 172 Å². The van der Waals surface area contributed by atoms with E-state index in [9.17, 15) is 92.7 Å². The largest absolute Gasteiger partial charge is 0.483 e. The number of phosphoric ester groups is 2. The Morgan fingerprint density at radius 3 is 1.16 bits per heavy atom. The fourth-order valence-corrected chi connectivity index (χ4v) is 16.1. The topological polar surface area (TPSA) is 594 Å². The second-order valence-corrected chi connectivity index (χ2v) is 37.7. The van der Waals surface area contributed by atoms with Gasteiger partial charge >= 0.3 is 27.6 Å². The van der Waals surface area contributed by atoms with Crippen molar-refractivity contribution in [2.24, 2.45) is 5.73 Å². The summed E-state index contributed by atoms with van der Waals surface area (Å²) in [5, 5.41) is 78.7. The molecule has 38 heteroatoms. The van der Waals surface area contributed by atoms with E-state index in [1.54, 1.807) is 6.92 Å². The van der Waals surface area contributed by atoms with Crippen molar-refractivity contribution in [2.45, 2.75) is 383 Å². The molecule has 0 bridgehead atoms. The average Bonchev–Trinajstić information content (AvgIpc) is 0.764. The van der Waals surface area contributed by atoms with E-state index in [0.29, 0.717) is 25.7 Å². The Bertz CT molecular complexity index is 4080. The van der Waals surface area contributed by atoms with Crippen molar-refractivity contribution < 1.29 is 125 Å². The van der Waals surface area contributed by atoms with Crippen LogP contribution in [0.3, 0.4) is 0 Å². The van der Waals surface area contributed by atoms with E-state index < -0.39 is 199 Å². The van der Waals surface area contributed by atoms with Gasteiger partial charge in [-0.05, 0) is 271 Å². The molecule has 2 heterocycles. The number of carboxylic acid groups (broad SMARTS) is 2. The van der Waals surface area contributed by atoms with Crippen LogP contribution in [0, 0.1) is 0 Å². The monoisotopic (exact) mass is 1910 g/mol. The Kier molecular flexibility index (Phi) is 62.7. The highest BCUT2D eigenvalue weighted by atomic mass is 31.3. The Morgan fingerprint density at radius 2 is 0.780 bits per heavy atom.